The molecule has 7 heteroatoms. The molecule has 0 saturated carbocycles. The van der Waals surface area contributed by atoms with Gasteiger partial charge in [0.05, 0.1) is 25.4 Å². The van der Waals surface area contributed by atoms with Crippen LogP contribution in [0.3, 0.4) is 0 Å². The van der Waals surface area contributed by atoms with E-state index in [1.807, 2.05) is 36.1 Å². The predicted molar refractivity (Wildman–Crippen MR) is 114 cm³/mol. The molecule has 0 aliphatic carbocycles. The van der Waals surface area contributed by atoms with Crippen molar-refractivity contribution in [1.29, 1.82) is 0 Å². The minimum atomic E-state index is -0.0359. The lowest BCUT2D eigenvalue weighted by Gasteiger charge is -2.35. The number of likely N-dealkylation sites (tertiary alicyclic amines) is 1. The largest absolute Gasteiger partial charge is 0.492 e. The molecule has 1 aromatic carbocycles. The van der Waals surface area contributed by atoms with Gasteiger partial charge >= 0.3 is 0 Å². The second-order valence-corrected chi connectivity index (χ2v) is 7.82. The van der Waals surface area contributed by atoms with E-state index in [9.17, 15) is 9.59 Å². The van der Waals surface area contributed by atoms with Crippen LogP contribution < -0.4 is 10.1 Å². The van der Waals surface area contributed by atoms with Gasteiger partial charge in [-0.25, -0.2) is 0 Å². The van der Waals surface area contributed by atoms with Crippen LogP contribution in [0.2, 0.25) is 0 Å². The molecule has 0 spiro atoms. The number of amides is 2. The summed E-state index contributed by atoms with van der Waals surface area (Å²) >= 11 is 0. The molecule has 160 valence electrons. The van der Waals surface area contributed by atoms with Crippen LogP contribution in [0.25, 0.3) is 0 Å². The van der Waals surface area contributed by atoms with Gasteiger partial charge in [0.2, 0.25) is 11.8 Å². The number of nitrogens with one attached hydrogen (secondary N) is 1. The zero-order chi connectivity index (χ0) is 20.5. The van der Waals surface area contributed by atoms with E-state index in [1.165, 1.54) is 12.8 Å². The number of para-hydroxylation sites is 2. The summed E-state index contributed by atoms with van der Waals surface area (Å²) in [5, 5.41) is 2.95. The van der Waals surface area contributed by atoms with Gasteiger partial charge in [0.25, 0.3) is 0 Å². The van der Waals surface area contributed by atoms with Gasteiger partial charge in [0.15, 0.2) is 0 Å². The third kappa shape index (κ3) is 6.72. The Balaban J connectivity index is 1.40. The quantitative estimate of drug-likeness (QED) is 0.756. The summed E-state index contributed by atoms with van der Waals surface area (Å²) in [5.41, 5.74) is 0.709. The summed E-state index contributed by atoms with van der Waals surface area (Å²) in [6.45, 7) is 8.40. The van der Waals surface area contributed by atoms with Gasteiger partial charge < -0.3 is 15.0 Å². The summed E-state index contributed by atoms with van der Waals surface area (Å²) in [6.07, 6.45) is 4.72. The first-order chi connectivity index (χ1) is 14.2. The molecule has 2 saturated heterocycles. The normalized spacial score (nSPS) is 18.9. The fraction of sp³-hybridized carbons (Fsp3) is 0.636. The molecule has 1 aromatic rings. The van der Waals surface area contributed by atoms with Crippen molar-refractivity contribution < 1.29 is 14.3 Å². The highest BCUT2D eigenvalue weighted by Crippen LogP contribution is 2.23. The predicted octanol–water partition coefficient (Wildman–Crippen LogP) is 2.04. The number of piperazine rings is 1. The van der Waals surface area contributed by atoms with Crippen molar-refractivity contribution in [3.05, 3.63) is 24.3 Å². The Morgan fingerprint density at radius 2 is 1.52 bits per heavy atom. The summed E-state index contributed by atoms with van der Waals surface area (Å²) in [4.78, 5) is 31.4. The van der Waals surface area contributed by atoms with Crippen LogP contribution in [0.1, 0.15) is 32.6 Å². The molecule has 7 nitrogen and oxygen atoms in total. The van der Waals surface area contributed by atoms with Crippen LogP contribution in [-0.2, 0) is 9.59 Å². The van der Waals surface area contributed by atoms with Gasteiger partial charge in [-0.05, 0) is 31.9 Å². The summed E-state index contributed by atoms with van der Waals surface area (Å²) in [7, 11) is 0. The van der Waals surface area contributed by atoms with E-state index >= 15 is 0 Å². The maximum atomic E-state index is 12.6. The highest BCUT2D eigenvalue weighted by atomic mass is 16.5. The van der Waals surface area contributed by atoms with Gasteiger partial charge in [0.1, 0.15) is 5.75 Å². The minimum absolute atomic E-state index is 0.0359. The van der Waals surface area contributed by atoms with Crippen LogP contribution in [-0.4, -0.2) is 85.5 Å². The topological polar surface area (TPSA) is 65.1 Å². The summed E-state index contributed by atoms with van der Waals surface area (Å²) < 4.78 is 5.57. The number of hydrogen-bond acceptors (Lipinski definition) is 5. The van der Waals surface area contributed by atoms with E-state index in [-0.39, 0.29) is 11.8 Å². The summed E-state index contributed by atoms with van der Waals surface area (Å²) in [5.74, 6) is 0.914. The molecule has 1 N–H and O–H groups in total. The minimum Gasteiger partial charge on any atom is -0.492 e. The third-order valence-corrected chi connectivity index (χ3v) is 5.61. The van der Waals surface area contributed by atoms with E-state index in [1.54, 1.807) is 0 Å². The van der Waals surface area contributed by atoms with Crippen LogP contribution in [0.4, 0.5) is 5.69 Å². The first-order valence-electron chi connectivity index (χ1n) is 10.9. The van der Waals surface area contributed by atoms with Crippen molar-refractivity contribution in [3.63, 3.8) is 0 Å². The number of benzene rings is 1. The summed E-state index contributed by atoms with van der Waals surface area (Å²) in [6, 6.07) is 7.50. The zero-order valence-electron chi connectivity index (χ0n) is 17.6. The molecule has 2 heterocycles. The molecular formula is C22H34N4O3. The van der Waals surface area contributed by atoms with Crippen molar-refractivity contribution in [3.8, 4) is 5.75 Å². The average Bonchev–Trinajstić information content (AvgIpc) is 3.01. The monoisotopic (exact) mass is 402 g/mol. The Bertz CT molecular complexity index is 666. The number of anilines is 1. The Hall–Kier alpha value is -2.12. The molecule has 29 heavy (non-hydrogen) atoms. The van der Waals surface area contributed by atoms with Crippen LogP contribution in [0.5, 0.6) is 5.75 Å². The molecule has 0 bridgehead atoms. The van der Waals surface area contributed by atoms with E-state index in [0.29, 0.717) is 31.1 Å². The van der Waals surface area contributed by atoms with Crippen molar-refractivity contribution >= 4 is 17.5 Å². The number of hydrogen-bond donors (Lipinski definition) is 1. The van der Waals surface area contributed by atoms with Gasteiger partial charge in [-0.1, -0.05) is 25.0 Å². The van der Waals surface area contributed by atoms with Gasteiger partial charge in [-0.3, -0.25) is 19.4 Å². The molecule has 0 unspecified atom stereocenters. The van der Waals surface area contributed by atoms with E-state index < -0.39 is 0 Å². The number of ether oxygens (including phenoxy) is 1. The Morgan fingerprint density at radius 1 is 0.897 bits per heavy atom. The second kappa shape index (κ2) is 11.2. The Morgan fingerprint density at radius 3 is 2.17 bits per heavy atom. The number of carbonyl (C=O) groups excluding carboxylic acids is 2. The van der Waals surface area contributed by atoms with E-state index in [0.717, 1.165) is 52.1 Å². The van der Waals surface area contributed by atoms with Crippen LogP contribution in [0, 0.1) is 0 Å². The number of carbonyl (C=O) groups is 2. The van der Waals surface area contributed by atoms with Crippen molar-refractivity contribution in [2.75, 3.05) is 64.3 Å². The van der Waals surface area contributed by atoms with Crippen molar-refractivity contribution in [2.24, 2.45) is 0 Å². The van der Waals surface area contributed by atoms with Crippen molar-refractivity contribution in [2.45, 2.75) is 32.6 Å². The molecule has 0 atom stereocenters. The highest BCUT2D eigenvalue weighted by Gasteiger charge is 2.23. The number of rotatable bonds is 7. The second-order valence-electron chi connectivity index (χ2n) is 7.82. The molecule has 0 radical (unpaired) electrons. The van der Waals surface area contributed by atoms with E-state index in [2.05, 4.69) is 15.1 Å². The molecule has 2 aliphatic heterocycles. The van der Waals surface area contributed by atoms with Crippen molar-refractivity contribution in [1.82, 2.24) is 14.7 Å². The lowest BCUT2D eigenvalue weighted by molar-refractivity contribution is -0.133. The fourth-order valence-corrected chi connectivity index (χ4v) is 3.96. The van der Waals surface area contributed by atoms with Crippen LogP contribution in [0.15, 0.2) is 24.3 Å². The molecule has 3 rings (SSSR count). The molecule has 2 fully saturated rings. The van der Waals surface area contributed by atoms with Gasteiger partial charge in [0, 0.05) is 39.3 Å². The SMILES string of the molecule is CCOc1ccccc1NC(=O)CN1CCN(CC(=O)N2CCCCCC2)CC1. The van der Waals surface area contributed by atoms with Crippen LogP contribution >= 0.6 is 0 Å². The Labute approximate surface area is 174 Å². The molecule has 2 aliphatic rings. The maximum absolute atomic E-state index is 12.6. The molecule has 0 aromatic heterocycles. The lowest BCUT2D eigenvalue weighted by atomic mass is 10.2. The molecular weight excluding hydrogens is 368 g/mol. The van der Waals surface area contributed by atoms with E-state index in [4.69, 9.17) is 4.74 Å². The molecule has 2 amide bonds. The third-order valence-electron chi connectivity index (χ3n) is 5.61. The highest BCUT2D eigenvalue weighted by molar-refractivity contribution is 5.93. The number of nitrogens with zero attached hydrogens (tertiary/aromatic N) is 3. The average molecular weight is 403 g/mol. The van der Waals surface area contributed by atoms with Gasteiger partial charge in [-0.2, -0.15) is 0 Å². The zero-order valence-corrected chi connectivity index (χ0v) is 17.6. The Kier molecular flexibility index (Phi) is 8.31. The fourth-order valence-electron chi connectivity index (χ4n) is 3.96. The first-order valence-corrected chi connectivity index (χ1v) is 10.9. The smallest absolute Gasteiger partial charge is 0.238 e. The first kappa shape index (κ1) is 21.6. The lowest BCUT2D eigenvalue weighted by Crippen LogP contribution is -2.51. The maximum Gasteiger partial charge on any atom is 0.238 e. The van der Waals surface area contributed by atoms with Gasteiger partial charge in [-0.15, -0.1) is 0 Å². The standard InChI is InChI=1S/C22H34N4O3/c1-2-29-20-10-6-5-9-19(20)23-21(27)17-24-13-15-25(16-14-24)18-22(28)26-11-7-3-4-8-12-26/h5-6,9-10H,2-4,7-8,11-18H2,1H3,(H,23,27).